The third kappa shape index (κ3) is 5.17. The van der Waals surface area contributed by atoms with Crippen molar-refractivity contribution in [3.8, 4) is 11.4 Å². The zero-order valence-corrected chi connectivity index (χ0v) is 21.0. The summed E-state index contributed by atoms with van der Waals surface area (Å²) in [6, 6.07) is 22.9. The van der Waals surface area contributed by atoms with E-state index in [1.807, 2.05) is 58.1 Å². The van der Waals surface area contributed by atoms with Crippen molar-refractivity contribution in [2.45, 2.75) is 18.5 Å². The van der Waals surface area contributed by atoms with Gasteiger partial charge < -0.3 is 24.8 Å². The second-order valence-electron chi connectivity index (χ2n) is 8.60. The Bertz CT molecular complexity index is 1390. The number of rotatable bonds is 8. The topological polar surface area (TPSA) is 71.4 Å². The van der Waals surface area contributed by atoms with E-state index in [-0.39, 0.29) is 30.2 Å². The summed E-state index contributed by atoms with van der Waals surface area (Å²) in [7, 11) is 1.57. The first kappa shape index (κ1) is 24.5. The van der Waals surface area contributed by atoms with Gasteiger partial charge in [-0.25, -0.2) is 4.39 Å². The Kier molecular flexibility index (Phi) is 7.14. The van der Waals surface area contributed by atoms with Gasteiger partial charge in [0.05, 0.1) is 30.6 Å². The molecule has 2 aromatic carbocycles. The number of nitrogens with zero attached hydrogens (tertiary/aromatic N) is 3. The van der Waals surface area contributed by atoms with Crippen LogP contribution in [0.2, 0.25) is 0 Å². The van der Waals surface area contributed by atoms with Crippen LogP contribution in [0.25, 0.3) is 5.69 Å². The maximum absolute atomic E-state index is 13.6. The Labute approximate surface area is 219 Å². The van der Waals surface area contributed by atoms with Crippen molar-refractivity contribution in [2.75, 3.05) is 19.0 Å². The van der Waals surface area contributed by atoms with Crippen molar-refractivity contribution in [1.29, 1.82) is 0 Å². The first-order chi connectivity index (χ1) is 18.0. The first-order valence-electron chi connectivity index (χ1n) is 11.9. The Morgan fingerprint density at radius 1 is 1.08 bits per heavy atom. The minimum Gasteiger partial charge on any atom is -0.495 e. The highest BCUT2D eigenvalue weighted by Gasteiger charge is 2.41. The fraction of sp³-hybridized carbons (Fsp3) is 0.179. The molecule has 5 rings (SSSR count). The van der Waals surface area contributed by atoms with Crippen molar-refractivity contribution in [1.82, 2.24) is 19.8 Å². The zero-order valence-electron chi connectivity index (χ0n) is 20.2. The van der Waals surface area contributed by atoms with Crippen LogP contribution < -0.4 is 15.4 Å². The van der Waals surface area contributed by atoms with Crippen LogP contribution in [-0.4, -0.2) is 39.1 Å². The number of carbonyl (C=O) groups is 1. The van der Waals surface area contributed by atoms with E-state index in [9.17, 15) is 9.18 Å². The van der Waals surface area contributed by atoms with Gasteiger partial charge in [0.15, 0.2) is 5.11 Å². The molecule has 0 spiro atoms. The number of carbonyl (C=O) groups excluding carboxylic acids is 1. The SMILES string of the molecule is COc1ccccc1NC(=O)CCN1C(=S)N[C@@H](c2ccccn2)[C@@H]1c1cccn1-c1ccc(F)cc1. The molecule has 2 N–H and O–H groups in total. The maximum atomic E-state index is 13.6. The average Bonchev–Trinajstić information content (AvgIpc) is 3.53. The fourth-order valence-corrected chi connectivity index (χ4v) is 4.95. The lowest BCUT2D eigenvalue weighted by molar-refractivity contribution is -0.116. The summed E-state index contributed by atoms with van der Waals surface area (Å²) in [4.78, 5) is 19.5. The summed E-state index contributed by atoms with van der Waals surface area (Å²) in [6.45, 7) is 0.384. The molecule has 4 aromatic rings. The molecule has 2 aromatic heterocycles. The van der Waals surface area contributed by atoms with E-state index < -0.39 is 0 Å². The minimum absolute atomic E-state index is 0.152. The van der Waals surface area contributed by atoms with E-state index in [1.54, 1.807) is 37.6 Å². The third-order valence-electron chi connectivity index (χ3n) is 6.35. The Hall–Kier alpha value is -4.24. The predicted octanol–water partition coefficient (Wildman–Crippen LogP) is 5.02. The smallest absolute Gasteiger partial charge is 0.226 e. The van der Waals surface area contributed by atoms with Gasteiger partial charge in [0.25, 0.3) is 0 Å². The molecular formula is C28H26FN5O2S. The zero-order chi connectivity index (χ0) is 25.8. The number of ether oxygens (including phenoxy) is 1. The van der Waals surface area contributed by atoms with Gasteiger partial charge in [-0.3, -0.25) is 9.78 Å². The number of hydrogen-bond acceptors (Lipinski definition) is 4. The van der Waals surface area contributed by atoms with Crippen LogP contribution in [0.3, 0.4) is 0 Å². The fourth-order valence-electron chi connectivity index (χ4n) is 4.62. The van der Waals surface area contributed by atoms with Crippen LogP contribution in [0.1, 0.15) is 29.9 Å². The molecular weight excluding hydrogens is 489 g/mol. The second-order valence-corrected chi connectivity index (χ2v) is 8.98. The van der Waals surface area contributed by atoms with E-state index in [4.69, 9.17) is 17.0 Å². The van der Waals surface area contributed by atoms with E-state index in [1.165, 1.54) is 12.1 Å². The van der Waals surface area contributed by atoms with E-state index in [0.717, 1.165) is 17.1 Å². The third-order valence-corrected chi connectivity index (χ3v) is 6.70. The highest BCUT2D eigenvalue weighted by molar-refractivity contribution is 7.80. The highest BCUT2D eigenvalue weighted by Crippen LogP contribution is 2.39. The quantitative estimate of drug-likeness (QED) is 0.321. The first-order valence-corrected chi connectivity index (χ1v) is 12.3. The molecule has 3 heterocycles. The Balaban J connectivity index is 1.43. The summed E-state index contributed by atoms with van der Waals surface area (Å²) in [5.74, 6) is 0.149. The van der Waals surface area contributed by atoms with Gasteiger partial charge in [-0.15, -0.1) is 0 Å². The Morgan fingerprint density at radius 3 is 2.62 bits per heavy atom. The lowest BCUT2D eigenvalue weighted by Gasteiger charge is -2.29. The van der Waals surface area contributed by atoms with Crippen LogP contribution >= 0.6 is 12.2 Å². The number of pyridine rings is 1. The molecule has 7 nitrogen and oxygen atoms in total. The number of hydrogen-bond donors (Lipinski definition) is 2. The normalized spacial score (nSPS) is 16.9. The number of benzene rings is 2. The molecule has 0 aliphatic carbocycles. The molecule has 2 atom stereocenters. The summed E-state index contributed by atoms with van der Waals surface area (Å²) in [6.07, 6.45) is 3.90. The molecule has 1 aliphatic rings. The number of aromatic nitrogens is 2. The van der Waals surface area contributed by atoms with Crippen LogP contribution in [0.4, 0.5) is 10.1 Å². The van der Waals surface area contributed by atoms with Crippen molar-refractivity contribution < 1.29 is 13.9 Å². The number of halogens is 1. The molecule has 0 radical (unpaired) electrons. The Morgan fingerprint density at radius 2 is 1.86 bits per heavy atom. The monoisotopic (exact) mass is 515 g/mol. The van der Waals surface area contributed by atoms with Crippen molar-refractivity contribution in [3.63, 3.8) is 0 Å². The number of methoxy groups -OCH3 is 1. The number of nitrogens with one attached hydrogen (secondary N) is 2. The number of thiocarbonyl (C=S) groups is 1. The highest BCUT2D eigenvalue weighted by atomic mass is 32.1. The number of amides is 1. The van der Waals surface area contributed by atoms with Crippen molar-refractivity contribution >= 4 is 28.9 Å². The molecule has 1 aliphatic heterocycles. The van der Waals surface area contributed by atoms with Crippen LogP contribution in [0.15, 0.2) is 91.3 Å². The van der Waals surface area contributed by atoms with Crippen LogP contribution in [0.5, 0.6) is 5.75 Å². The molecule has 1 amide bonds. The van der Waals surface area contributed by atoms with Gasteiger partial charge in [-0.05, 0) is 72.9 Å². The van der Waals surface area contributed by atoms with Crippen molar-refractivity contribution in [3.05, 3.63) is 108 Å². The van der Waals surface area contributed by atoms with E-state index >= 15 is 0 Å². The van der Waals surface area contributed by atoms with Gasteiger partial charge in [-0.2, -0.15) is 0 Å². The van der Waals surface area contributed by atoms with Gasteiger partial charge in [0.2, 0.25) is 5.91 Å². The molecule has 37 heavy (non-hydrogen) atoms. The van der Waals surface area contributed by atoms with Crippen molar-refractivity contribution in [2.24, 2.45) is 0 Å². The van der Waals surface area contributed by atoms with Gasteiger partial charge in [0, 0.05) is 36.7 Å². The largest absolute Gasteiger partial charge is 0.495 e. The second kappa shape index (κ2) is 10.8. The molecule has 188 valence electrons. The maximum Gasteiger partial charge on any atom is 0.226 e. The van der Waals surface area contributed by atoms with Crippen LogP contribution in [0, 0.1) is 5.82 Å². The van der Waals surface area contributed by atoms with E-state index in [0.29, 0.717) is 23.1 Å². The minimum atomic E-state index is -0.296. The number of anilines is 1. The van der Waals surface area contributed by atoms with Gasteiger partial charge >= 0.3 is 0 Å². The summed E-state index contributed by atoms with van der Waals surface area (Å²) >= 11 is 5.74. The molecule has 0 saturated carbocycles. The predicted molar refractivity (Wildman–Crippen MR) is 144 cm³/mol. The molecule has 1 fully saturated rings. The molecule has 1 saturated heterocycles. The van der Waals surface area contributed by atoms with Gasteiger partial charge in [0.1, 0.15) is 11.6 Å². The van der Waals surface area contributed by atoms with Gasteiger partial charge in [-0.1, -0.05) is 18.2 Å². The standard InChI is InChI=1S/C28H26FN5O2S/c1-36-24-10-3-2-7-21(24)31-25(35)15-18-34-27(26(32-28(34)37)22-8-4-5-16-30-22)23-9-6-17-33(23)20-13-11-19(29)12-14-20/h2-14,16-17,26-27H,15,18H2,1H3,(H,31,35)(H,32,37)/t26-,27-/m0/s1. The molecule has 0 bridgehead atoms. The van der Waals surface area contributed by atoms with E-state index in [2.05, 4.69) is 15.6 Å². The summed E-state index contributed by atoms with van der Waals surface area (Å²) < 4.78 is 21.0. The average molecular weight is 516 g/mol. The lowest BCUT2D eigenvalue weighted by Crippen LogP contribution is -2.33. The summed E-state index contributed by atoms with van der Waals surface area (Å²) in [5, 5.41) is 6.88. The van der Waals surface area contributed by atoms with Crippen LogP contribution in [-0.2, 0) is 4.79 Å². The summed E-state index contributed by atoms with van der Waals surface area (Å²) in [5.41, 5.74) is 3.22. The number of para-hydroxylation sites is 2. The lowest BCUT2D eigenvalue weighted by atomic mass is 10.0. The molecule has 9 heteroatoms. The molecule has 0 unspecified atom stereocenters.